The zero-order valence-electron chi connectivity index (χ0n) is 18.2. The van der Waals surface area contributed by atoms with Gasteiger partial charge in [0.15, 0.2) is 0 Å². The molecule has 16 nitrogen and oxygen atoms in total. The Hall–Kier alpha value is -0.0400. The Bertz CT molecular complexity index is 745. The topological polar surface area (TPSA) is 270 Å². The molecular formula is C12H34N2O14P2S2. The van der Waals surface area contributed by atoms with E-state index >= 15 is 0 Å². The Morgan fingerprint density at radius 3 is 0.969 bits per heavy atom. The van der Waals surface area contributed by atoms with E-state index in [0.29, 0.717) is 34.9 Å². The van der Waals surface area contributed by atoms with E-state index in [9.17, 15) is 16.8 Å². The van der Waals surface area contributed by atoms with Crippen molar-refractivity contribution in [3.05, 3.63) is 0 Å². The van der Waals surface area contributed by atoms with E-state index < -0.39 is 35.9 Å². The summed E-state index contributed by atoms with van der Waals surface area (Å²) in [5.41, 5.74) is 0. The van der Waals surface area contributed by atoms with Crippen molar-refractivity contribution in [3.8, 4) is 0 Å². The maximum absolute atomic E-state index is 10.7. The van der Waals surface area contributed by atoms with Crippen molar-refractivity contribution < 1.29 is 73.4 Å². The lowest BCUT2D eigenvalue weighted by atomic mass is 10.3. The fourth-order valence-corrected chi connectivity index (χ4v) is 3.10. The van der Waals surface area contributed by atoms with Gasteiger partial charge in [-0.1, -0.05) is 0 Å². The van der Waals surface area contributed by atoms with Crippen LogP contribution < -0.4 is 9.79 Å². The summed E-state index contributed by atoms with van der Waals surface area (Å²) < 4.78 is 79.1. The first-order chi connectivity index (χ1) is 13.6. The molecule has 0 aromatic heterocycles. The molecule has 0 aromatic rings. The van der Waals surface area contributed by atoms with Crippen LogP contribution in [0.3, 0.4) is 0 Å². The summed E-state index contributed by atoms with van der Waals surface area (Å²) in [7, 11) is -9.65. The van der Waals surface area contributed by atoms with Gasteiger partial charge in [-0.25, -0.2) is 0 Å². The monoisotopic (exact) mass is 556 g/mol. The van der Waals surface area contributed by atoms with Crippen molar-refractivity contribution in [2.45, 2.75) is 12.8 Å². The lowest BCUT2D eigenvalue weighted by Gasteiger charge is -2.35. The molecule has 0 aromatic carbocycles. The second kappa shape index (κ2) is 14.4. The number of hydrogen-bond donors (Lipinski definition) is 6. The predicted octanol–water partition coefficient (Wildman–Crippen LogP) is -3.43. The molecule has 0 fully saturated rings. The summed E-state index contributed by atoms with van der Waals surface area (Å²) in [5.74, 6) is -0.470. The Morgan fingerprint density at radius 2 is 0.812 bits per heavy atom. The number of rotatable bonds is 11. The first-order valence-corrected chi connectivity index (χ1v) is 15.0. The van der Waals surface area contributed by atoms with Gasteiger partial charge >= 0.3 is 0 Å². The minimum atomic E-state index is -4.89. The van der Waals surface area contributed by atoms with Crippen molar-refractivity contribution in [1.29, 1.82) is 0 Å². The van der Waals surface area contributed by atoms with E-state index in [1.807, 2.05) is 28.2 Å². The number of nitrogens with zero attached hydrogens (tertiary/aromatic N) is 2. The van der Waals surface area contributed by atoms with Gasteiger partial charge < -0.3 is 38.3 Å². The molecular weight excluding hydrogens is 522 g/mol. The van der Waals surface area contributed by atoms with Crippen LogP contribution in [0.25, 0.3) is 0 Å². The molecule has 198 valence electrons. The van der Waals surface area contributed by atoms with Gasteiger partial charge in [-0.2, -0.15) is 16.8 Å². The Labute approximate surface area is 188 Å². The predicted molar refractivity (Wildman–Crippen MR) is 110 cm³/mol. The minimum absolute atomic E-state index is 0.235. The second-order valence-corrected chi connectivity index (χ2v) is 13.1. The Morgan fingerprint density at radius 1 is 0.625 bits per heavy atom. The van der Waals surface area contributed by atoms with Crippen molar-refractivity contribution in [1.82, 2.24) is 0 Å². The van der Waals surface area contributed by atoms with Gasteiger partial charge in [-0.15, -0.1) is 0 Å². The molecule has 0 aliphatic heterocycles. The average molecular weight is 556 g/mol. The van der Waals surface area contributed by atoms with Crippen molar-refractivity contribution >= 4 is 35.9 Å². The summed E-state index contributed by atoms with van der Waals surface area (Å²) in [4.78, 5) is 45.8. The summed E-state index contributed by atoms with van der Waals surface area (Å²) in [6.45, 7) is 2.85. The van der Waals surface area contributed by atoms with E-state index in [1.54, 1.807) is 0 Å². The number of quaternary nitrogens is 2. The first kappa shape index (κ1) is 36.5. The fourth-order valence-electron chi connectivity index (χ4n) is 2.11. The molecule has 0 amide bonds. The summed E-state index contributed by atoms with van der Waals surface area (Å²) >= 11 is 0. The average Bonchev–Trinajstić information content (AvgIpc) is 2.38. The standard InChI is InChI=1S/C12H28N2O6S2.2H3O4P/c1-13(2,7-5-11-21(15,16)17)9-10-14(3,4)8-6-12-22(18,19)20;2*1-5(2,3)4/h5-12H2,1-4H3;2*(H3,1,2,3,4). The lowest BCUT2D eigenvalue weighted by Crippen LogP contribution is -2.51. The van der Waals surface area contributed by atoms with Gasteiger partial charge in [-0.3, -0.25) is 18.2 Å². The van der Waals surface area contributed by atoms with Crippen LogP contribution in [0.1, 0.15) is 12.8 Å². The molecule has 0 aliphatic rings. The van der Waals surface area contributed by atoms with Crippen LogP contribution in [0.4, 0.5) is 0 Å². The molecule has 0 aliphatic carbocycles. The molecule has 6 N–H and O–H groups in total. The van der Waals surface area contributed by atoms with Crippen LogP contribution in [-0.2, 0) is 29.4 Å². The van der Waals surface area contributed by atoms with Crippen LogP contribution >= 0.6 is 15.6 Å². The van der Waals surface area contributed by atoms with Crippen LogP contribution in [0.2, 0.25) is 0 Å². The van der Waals surface area contributed by atoms with Gasteiger partial charge in [0.1, 0.15) is 13.1 Å². The third-order valence-corrected chi connectivity index (χ3v) is 5.25. The van der Waals surface area contributed by atoms with Gasteiger partial charge in [0.2, 0.25) is 0 Å². The third kappa shape index (κ3) is 47.7. The first-order valence-electron chi connectivity index (χ1n) is 8.69. The summed E-state index contributed by atoms with van der Waals surface area (Å²) in [6.07, 6.45) is 0.782. The summed E-state index contributed by atoms with van der Waals surface area (Å²) in [5, 5.41) is 0. The molecule has 0 atom stereocenters. The molecule has 32 heavy (non-hydrogen) atoms. The molecule has 0 unspecified atom stereocenters. The third-order valence-electron chi connectivity index (χ3n) is 3.64. The van der Waals surface area contributed by atoms with Crippen LogP contribution in [0.15, 0.2) is 0 Å². The molecule has 20 heteroatoms. The number of phosphoric acid groups is 2. The quantitative estimate of drug-likeness (QED) is 0.0821. The van der Waals surface area contributed by atoms with Crippen LogP contribution in [0.5, 0.6) is 0 Å². The Kier molecular flexibility index (Phi) is 16.4. The molecule has 0 bridgehead atoms. The zero-order chi connectivity index (χ0) is 26.7. The molecule has 0 radical (unpaired) electrons. The van der Waals surface area contributed by atoms with Gasteiger partial charge in [0.25, 0.3) is 35.9 Å². The van der Waals surface area contributed by atoms with E-state index in [0.717, 1.165) is 13.1 Å². The minimum Gasteiger partial charge on any atom is -0.756 e. The van der Waals surface area contributed by atoms with E-state index in [4.69, 9.17) is 47.6 Å². The molecule has 0 saturated heterocycles. The highest BCUT2D eigenvalue weighted by molar-refractivity contribution is 7.86. The molecule has 0 saturated carbocycles. The second-order valence-electron chi connectivity index (χ2n) is 8.03. The SMILES string of the molecule is C[N+](C)(CCCS(=O)(=O)O)CC[N+](C)(C)CCCS(=O)(=O)O.O=P([O-])(O)O.O=P([O-])(O)O. The van der Waals surface area contributed by atoms with E-state index in [1.165, 1.54) is 0 Å². The Balaban J connectivity index is -0.000000695. The molecule has 0 rings (SSSR count). The lowest BCUT2D eigenvalue weighted by molar-refractivity contribution is -0.945. The maximum Gasteiger partial charge on any atom is 0.265 e. The van der Waals surface area contributed by atoms with Gasteiger partial charge in [-0.05, 0) is 0 Å². The zero-order valence-corrected chi connectivity index (χ0v) is 21.6. The summed E-state index contributed by atoms with van der Waals surface area (Å²) in [6, 6.07) is 0. The maximum atomic E-state index is 10.7. The largest absolute Gasteiger partial charge is 0.756 e. The highest BCUT2D eigenvalue weighted by atomic mass is 32.2. The number of hydrogen-bond acceptors (Lipinski definition) is 8. The van der Waals surface area contributed by atoms with Crippen LogP contribution in [0, 0.1) is 0 Å². The van der Waals surface area contributed by atoms with Gasteiger partial charge in [0, 0.05) is 12.8 Å². The number of likely N-dealkylation sites (N-methyl/N-ethyl adjacent to an activating group) is 2. The smallest absolute Gasteiger partial charge is 0.265 e. The van der Waals surface area contributed by atoms with E-state index in [2.05, 4.69) is 0 Å². The van der Waals surface area contributed by atoms with E-state index in [-0.39, 0.29) is 11.5 Å². The van der Waals surface area contributed by atoms with Crippen molar-refractivity contribution in [2.24, 2.45) is 0 Å². The van der Waals surface area contributed by atoms with Crippen LogP contribution in [-0.4, -0.2) is 120 Å². The molecule has 0 heterocycles. The fraction of sp³-hybridized carbons (Fsp3) is 1.00. The normalized spacial score (nSPS) is 13.5. The van der Waals surface area contributed by atoms with Crippen molar-refractivity contribution in [3.63, 3.8) is 0 Å². The highest BCUT2D eigenvalue weighted by Gasteiger charge is 2.23. The highest BCUT2D eigenvalue weighted by Crippen LogP contribution is 2.19. The molecule has 0 spiro atoms. The van der Waals surface area contributed by atoms with Gasteiger partial charge in [0.05, 0.1) is 52.8 Å². The van der Waals surface area contributed by atoms with Crippen molar-refractivity contribution in [2.75, 3.05) is 65.9 Å².